The number of aryl methyl sites for hydroxylation is 1. The van der Waals surface area contributed by atoms with Crippen molar-refractivity contribution in [2.45, 2.75) is 52.2 Å². The minimum atomic E-state index is -0.919. The highest BCUT2D eigenvalue weighted by Crippen LogP contribution is 2.63. The number of nitrogens with zero attached hydrogens (tertiary/aromatic N) is 1. The van der Waals surface area contributed by atoms with E-state index in [2.05, 4.69) is 45.0 Å². The topological polar surface area (TPSA) is 125 Å². The van der Waals surface area contributed by atoms with Crippen LogP contribution in [0.5, 0.6) is 17.2 Å². The van der Waals surface area contributed by atoms with Gasteiger partial charge >= 0.3 is 6.16 Å². The molecule has 6 rings (SSSR count). The molecule has 0 unspecified atom stereocenters. The maximum atomic E-state index is 11.9. The maximum Gasteiger partial charge on any atom is 0.513 e. The molecule has 0 radical (unpaired) electrons. The highest BCUT2D eigenvalue weighted by molar-refractivity contribution is 6.17. The molecule has 0 N–H and O–H groups in total. The van der Waals surface area contributed by atoms with Crippen LogP contribution in [-0.2, 0) is 31.8 Å². The van der Waals surface area contributed by atoms with Crippen molar-refractivity contribution in [3.8, 4) is 17.2 Å². The van der Waals surface area contributed by atoms with Gasteiger partial charge in [-0.25, -0.2) is 4.79 Å². The second-order valence-corrected chi connectivity index (χ2v) is 12.2. The first-order chi connectivity index (χ1) is 23.3. The van der Waals surface area contributed by atoms with Crippen LogP contribution in [-0.4, -0.2) is 63.1 Å². The van der Waals surface area contributed by atoms with Crippen molar-refractivity contribution in [3.63, 3.8) is 0 Å². The standard InChI is InChI=1S/C37H41NO10/c1-4-5-16-43-29-11-13-31-26(21-29)6-12-30-25(3)33(15-14-32(30)35-34(31)37(35)46-22-24(2)23-47-37)44-19-17-42-18-20-45-36(39)48-28-9-7-27(8-10-28)38(40)41/h7-11,13-15,21,24H,4-6,12,16-20,22-23H2,1-3H3. The van der Waals surface area contributed by atoms with Gasteiger partial charge in [0.1, 0.15) is 30.5 Å². The quantitative estimate of drug-likeness (QED) is 0.0617. The van der Waals surface area contributed by atoms with Crippen LogP contribution in [0.4, 0.5) is 10.5 Å². The van der Waals surface area contributed by atoms with E-state index in [4.69, 9.17) is 33.2 Å². The van der Waals surface area contributed by atoms with E-state index in [0.29, 0.717) is 39.0 Å². The molecular formula is C37H41NO10. The Morgan fingerprint density at radius 1 is 0.896 bits per heavy atom. The molecule has 1 spiro atoms. The number of nitro benzene ring substituents is 1. The number of ether oxygens (including phenoxy) is 7. The van der Waals surface area contributed by atoms with Gasteiger partial charge in [0.25, 0.3) is 5.69 Å². The Morgan fingerprint density at radius 2 is 1.60 bits per heavy atom. The summed E-state index contributed by atoms with van der Waals surface area (Å²) < 4.78 is 40.8. The van der Waals surface area contributed by atoms with Crippen molar-refractivity contribution < 1.29 is 42.9 Å². The summed E-state index contributed by atoms with van der Waals surface area (Å²) in [6.45, 7) is 9.12. The van der Waals surface area contributed by atoms with Crippen molar-refractivity contribution in [3.05, 3.63) is 92.5 Å². The van der Waals surface area contributed by atoms with Gasteiger partial charge in [-0.1, -0.05) is 32.4 Å². The molecule has 254 valence electrons. The molecule has 2 aliphatic carbocycles. The fourth-order valence-corrected chi connectivity index (χ4v) is 6.18. The molecule has 3 aliphatic rings. The van der Waals surface area contributed by atoms with Crippen LogP contribution in [0.1, 0.15) is 54.5 Å². The average Bonchev–Trinajstić information content (AvgIpc) is 3.70. The van der Waals surface area contributed by atoms with Crippen LogP contribution < -0.4 is 14.2 Å². The number of fused-ring (bicyclic) bond motifs is 6. The van der Waals surface area contributed by atoms with Crippen molar-refractivity contribution in [2.24, 2.45) is 5.92 Å². The number of rotatable bonds is 13. The van der Waals surface area contributed by atoms with Gasteiger partial charge in [-0.3, -0.25) is 10.1 Å². The summed E-state index contributed by atoms with van der Waals surface area (Å²) in [6, 6.07) is 15.7. The van der Waals surface area contributed by atoms with E-state index < -0.39 is 16.9 Å². The fraction of sp³-hybridized carbons (Fsp3) is 0.432. The van der Waals surface area contributed by atoms with E-state index in [0.717, 1.165) is 59.5 Å². The minimum Gasteiger partial charge on any atom is -0.494 e. The second kappa shape index (κ2) is 14.8. The molecule has 1 fully saturated rings. The Kier molecular flexibility index (Phi) is 10.3. The number of carbonyl (C=O) groups excluding carboxylic acids is 1. The molecule has 0 atom stereocenters. The summed E-state index contributed by atoms with van der Waals surface area (Å²) in [4.78, 5) is 22.1. The molecule has 11 heteroatoms. The molecule has 1 saturated heterocycles. The smallest absolute Gasteiger partial charge is 0.494 e. The molecule has 0 amide bonds. The van der Waals surface area contributed by atoms with Gasteiger partial charge in [-0.05, 0) is 84.3 Å². The molecule has 11 nitrogen and oxygen atoms in total. The van der Waals surface area contributed by atoms with Crippen LogP contribution in [0.25, 0.3) is 11.1 Å². The van der Waals surface area contributed by atoms with Crippen LogP contribution in [0.3, 0.4) is 0 Å². The molecule has 3 aromatic rings. The van der Waals surface area contributed by atoms with E-state index in [1.165, 1.54) is 41.0 Å². The summed E-state index contributed by atoms with van der Waals surface area (Å²) >= 11 is 0. The third-order valence-corrected chi connectivity index (χ3v) is 8.74. The number of nitro groups is 1. The molecule has 1 aliphatic heterocycles. The zero-order valence-electron chi connectivity index (χ0n) is 27.6. The molecule has 0 saturated carbocycles. The largest absolute Gasteiger partial charge is 0.513 e. The van der Waals surface area contributed by atoms with Gasteiger partial charge in [0.05, 0.1) is 38.0 Å². The number of hydrogen-bond acceptors (Lipinski definition) is 10. The fourth-order valence-electron chi connectivity index (χ4n) is 6.18. The summed E-state index contributed by atoms with van der Waals surface area (Å²) in [5.74, 6) is 1.34. The lowest BCUT2D eigenvalue weighted by Crippen LogP contribution is -2.35. The van der Waals surface area contributed by atoms with Crippen LogP contribution >= 0.6 is 0 Å². The van der Waals surface area contributed by atoms with Gasteiger partial charge in [0.15, 0.2) is 0 Å². The van der Waals surface area contributed by atoms with Crippen molar-refractivity contribution in [2.75, 3.05) is 46.2 Å². The van der Waals surface area contributed by atoms with Gasteiger partial charge in [0, 0.05) is 29.2 Å². The third kappa shape index (κ3) is 7.18. The highest BCUT2D eigenvalue weighted by atomic mass is 16.7. The lowest BCUT2D eigenvalue weighted by atomic mass is 9.90. The monoisotopic (exact) mass is 659 g/mol. The van der Waals surface area contributed by atoms with E-state index in [9.17, 15) is 14.9 Å². The SMILES string of the molecule is CCCCOc1ccc2c(c1)CCc1c(ccc(OCCOCCOC(=O)Oc3ccc([N+](=O)[O-])cc3)c1C)C1=C2C12OCC(C)CO2. The Balaban J connectivity index is 1.06. The number of non-ortho nitro benzene ring substituents is 1. The van der Waals surface area contributed by atoms with E-state index >= 15 is 0 Å². The zero-order valence-corrected chi connectivity index (χ0v) is 27.6. The van der Waals surface area contributed by atoms with Crippen molar-refractivity contribution in [1.82, 2.24) is 0 Å². The highest BCUT2D eigenvalue weighted by Gasteiger charge is 2.60. The van der Waals surface area contributed by atoms with Crippen LogP contribution in [0.15, 0.2) is 54.6 Å². The summed E-state index contributed by atoms with van der Waals surface area (Å²) in [5.41, 5.74) is 7.95. The second-order valence-electron chi connectivity index (χ2n) is 12.2. The number of unbranched alkanes of at least 4 members (excludes halogenated alkanes) is 1. The van der Waals surface area contributed by atoms with Crippen LogP contribution in [0.2, 0.25) is 0 Å². The molecule has 48 heavy (non-hydrogen) atoms. The van der Waals surface area contributed by atoms with Gasteiger partial charge in [0.2, 0.25) is 5.79 Å². The first-order valence-corrected chi connectivity index (χ1v) is 16.5. The summed E-state index contributed by atoms with van der Waals surface area (Å²) in [5, 5.41) is 10.8. The summed E-state index contributed by atoms with van der Waals surface area (Å²) in [7, 11) is 0. The number of benzene rings is 3. The molecule has 3 aromatic carbocycles. The third-order valence-electron chi connectivity index (χ3n) is 8.74. The number of hydrogen-bond donors (Lipinski definition) is 0. The zero-order chi connectivity index (χ0) is 33.7. The van der Waals surface area contributed by atoms with Crippen molar-refractivity contribution >= 4 is 23.0 Å². The lowest BCUT2D eigenvalue weighted by molar-refractivity contribution is -0.384. The molecule has 0 bridgehead atoms. The molecular weight excluding hydrogens is 618 g/mol. The minimum absolute atomic E-state index is 0.0152. The first kappa shape index (κ1) is 33.5. The maximum absolute atomic E-state index is 11.9. The lowest BCUT2D eigenvalue weighted by Gasteiger charge is -2.30. The summed E-state index contributed by atoms with van der Waals surface area (Å²) in [6.07, 6.45) is 2.86. The van der Waals surface area contributed by atoms with Crippen molar-refractivity contribution in [1.29, 1.82) is 0 Å². The number of carbonyl (C=O) groups is 1. The Morgan fingerprint density at radius 3 is 2.35 bits per heavy atom. The Hall–Kier alpha value is -4.45. The van der Waals surface area contributed by atoms with E-state index in [1.54, 1.807) is 0 Å². The Labute approximate surface area is 279 Å². The van der Waals surface area contributed by atoms with Crippen LogP contribution in [0, 0.1) is 23.0 Å². The average molecular weight is 660 g/mol. The predicted molar refractivity (Wildman–Crippen MR) is 177 cm³/mol. The normalized spacial score (nSPS) is 19.4. The van der Waals surface area contributed by atoms with Gasteiger partial charge < -0.3 is 33.2 Å². The first-order valence-electron chi connectivity index (χ1n) is 16.5. The molecule has 0 aromatic heterocycles. The van der Waals surface area contributed by atoms with E-state index in [1.807, 2.05) is 6.07 Å². The van der Waals surface area contributed by atoms with Gasteiger partial charge in [-0.15, -0.1) is 0 Å². The van der Waals surface area contributed by atoms with Gasteiger partial charge in [-0.2, -0.15) is 0 Å². The molecule has 1 heterocycles. The predicted octanol–water partition coefficient (Wildman–Crippen LogP) is 7.10. The Bertz CT molecular complexity index is 1670. The van der Waals surface area contributed by atoms with E-state index in [-0.39, 0.29) is 24.7 Å².